The molecule has 0 fully saturated rings. The van der Waals surface area contributed by atoms with Gasteiger partial charge in [0.2, 0.25) is 0 Å². The molecule has 21 heavy (non-hydrogen) atoms. The highest BCUT2D eigenvalue weighted by Crippen LogP contribution is 2.24. The maximum Gasteiger partial charge on any atom is 0.308 e. The fraction of sp³-hybridized carbons (Fsp3) is 0.429. The number of carbonyl (C=O) groups is 2. The van der Waals surface area contributed by atoms with Crippen LogP contribution in [0.3, 0.4) is 0 Å². The van der Waals surface area contributed by atoms with Gasteiger partial charge in [-0.05, 0) is 19.9 Å². The summed E-state index contributed by atoms with van der Waals surface area (Å²) in [6, 6.07) is 4.52. The molecule has 0 aromatic heterocycles. The largest absolute Gasteiger partial charge is 0.481 e. The van der Waals surface area contributed by atoms with Crippen LogP contribution < -0.4 is 0 Å². The first-order valence-corrected chi connectivity index (χ1v) is 6.55. The van der Waals surface area contributed by atoms with Crippen molar-refractivity contribution < 1.29 is 19.6 Å². The second kappa shape index (κ2) is 6.83. The first-order valence-electron chi connectivity index (χ1n) is 6.55. The number of nitrogens with zero attached hydrogens (tertiary/aromatic N) is 2. The van der Waals surface area contributed by atoms with Gasteiger partial charge in [-0.2, -0.15) is 0 Å². The highest BCUT2D eigenvalue weighted by atomic mass is 16.6. The summed E-state index contributed by atoms with van der Waals surface area (Å²) in [5.41, 5.74) is 0.150. The molecule has 1 N–H and O–H groups in total. The van der Waals surface area contributed by atoms with E-state index in [1.54, 1.807) is 26.0 Å². The van der Waals surface area contributed by atoms with Crippen molar-refractivity contribution in [2.75, 3.05) is 13.1 Å². The topological polar surface area (TPSA) is 101 Å². The molecular formula is C14H18N2O5. The van der Waals surface area contributed by atoms with Gasteiger partial charge < -0.3 is 10.0 Å². The van der Waals surface area contributed by atoms with Gasteiger partial charge in [0.1, 0.15) is 5.56 Å². The smallest absolute Gasteiger partial charge is 0.308 e. The molecule has 1 aromatic rings. The van der Waals surface area contributed by atoms with Crippen molar-refractivity contribution in [3.8, 4) is 0 Å². The summed E-state index contributed by atoms with van der Waals surface area (Å²) in [7, 11) is 0. The summed E-state index contributed by atoms with van der Waals surface area (Å²) in [6.45, 7) is 5.04. The molecule has 1 unspecified atom stereocenters. The molecule has 0 aliphatic rings. The van der Waals surface area contributed by atoms with Gasteiger partial charge in [-0.15, -0.1) is 0 Å². The van der Waals surface area contributed by atoms with Gasteiger partial charge in [0.15, 0.2) is 0 Å². The maximum absolute atomic E-state index is 12.4. The van der Waals surface area contributed by atoms with Crippen LogP contribution in [0.1, 0.15) is 29.8 Å². The number of amides is 1. The summed E-state index contributed by atoms with van der Waals surface area (Å²) in [6.07, 6.45) is 0. The Labute approximate surface area is 122 Å². The Bertz CT molecular complexity index is 570. The number of nitro benzene ring substituents is 1. The van der Waals surface area contributed by atoms with Crippen LogP contribution in [-0.2, 0) is 4.79 Å². The van der Waals surface area contributed by atoms with Crippen LogP contribution in [0.4, 0.5) is 5.69 Å². The third-order valence-corrected chi connectivity index (χ3v) is 3.24. The molecule has 0 aliphatic carbocycles. The molecule has 0 aliphatic heterocycles. The molecule has 1 atom stereocenters. The summed E-state index contributed by atoms with van der Waals surface area (Å²) in [5.74, 6) is -2.28. The van der Waals surface area contributed by atoms with Crippen molar-refractivity contribution in [2.45, 2.75) is 20.8 Å². The summed E-state index contributed by atoms with van der Waals surface area (Å²) in [5, 5.41) is 20.0. The fourth-order valence-corrected chi connectivity index (χ4v) is 2.01. The van der Waals surface area contributed by atoms with Gasteiger partial charge in [-0.3, -0.25) is 19.7 Å². The van der Waals surface area contributed by atoms with Gasteiger partial charge >= 0.3 is 5.97 Å². The van der Waals surface area contributed by atoms with Gasteiger partial charge in [-0.25, -0.2) is 0 Å². The quantitative estimate of drug-likeness (QED) is 0.639. The summed E-state index contributed by atoms with van der Waals surface area (Å²) < 4.78 is 0. The van der Waals surface area contributed by atoms with Crippen molar-refractivity contribution in [3.63, 3.8) is 0 Å². The third-order valence-electron chi connectivity index (χ3n) is 3.24. The first kappa shape index (κ1) is 16.6. The normalized spacial score (nSPS) is 11.8. The average molecular weight is 294 g/mol. The minimum Gasteiger partial charge on any atom is -0.481 e. The lowest BCUT2D eigenvalue weighted by Gasteiger charge is -2.23. The van der Waals surface area contributed by atoms with E-state index >= 15 is 0 Å². The Morgan fingerprint density at radius 2 is 2.05 bits per heavy atom. The summed E-state index contributed by atoms with van der Waals surface area (Å²) >= 11 is 0. The predicted octanol–water partition coefficient (Wildman–Crippen LogP) is 2.09. The second-order valence-corrected chi connectivity index (χ2v) is 4.81. The monoisotopic (exact) mass is 294 g/mol. The number of rotatable bonds is 6. The molecule has 7 heteroatoms. The third kappa shape index (κ3) is 3.77. The van der Waals surface area contributed by atoms with Crippen LogP contribution in [0.25, 0.3) is 0 Å². The lowest BCUT2D eigenvalue weighted by atomic mass is 10.1. The highest BCUT2D eigenvalue weighted by molar-refractivity contribution is 5.98. The van der Waals surface area contributed by atoms with E-state index in [9.17, 15) is 19.7 Å². The van der Waals surface area contributed by atoms with Crippen LogP contribution >= 0.6 is 0 Å². The van der Waals surface area contributed by atoms with Crippen molar-refractivity contribution in [2.24, 2.45) is 5.92 Å². The molecule has 114 valence electrons. The average Bonchev–Trinajstić information content (AvgIpc) is 2.42. The Morgan fingerprint density at radius 3 is 2.52 bits per heavy atom. The van der Waals surface area contributed by atoms with E-state index in [1.165, 1.54) is 17.9 Å². The predicted molar refractivity (Wildman–Crippen MR) is 76.2 cm³/mol. The zero-order chi connectivity index (χ0) is 16.2. The van der Waals surface area contributed by atoms with Gasteiger partial charge in [0, 0.05) is 18.7 Å². The van der Waals surface area contributed by atoms with E-state index in [0.717, 1.165) is 0 Å². The van der Waals surface area contributed by atoms with Crippen LogP contribution in [-0.4, -0.2) is 39.9 Å². The van der Waals surface area contributed by atoms with Crippen molar-refractivity contribution in [3.05, 3.63) is 39.4 Å². The number of aryl methyl sites for hydroxylation is 1. The number of carbonyl (C=O) groups excluding carboxylic acids is 1. The van der Waals surface area contributed by atoms with E-state index in [-0.39, 0.29) is 24.3 Å². The number of hydrogen-bond acceptors (Lipinski definition) is 4. The number of nitro groups is 1. The lowest BCUT2D eigenvalue weighted by molar-refractivity contribution is -0.385. The molecule has 0 bridgehead atoms. The molecule has 7 nitrogen and oxygen atoms in total. The zero-order valence-corrected chi connectivity index (χ0v) is 12.2. The minimum absolute atomic E-state index is 0.00969. The van der Waals surface area contributed by atoms with Gasteiger partial charge in [-0.1, -0.05) is 19.1 Å². The standard InChI is InChI=1S/C14H18N2O5/c1-4-15(8-10(3)14(18)19)13(17)11-7-5-6-9(2)12(11)16(20)21/h5-7,10H,4,8H2,1-3H3,(H,18,19). The Morgan fingerprint density at radius 1 is 1.43 bits per heavy atom. The molecule has 1 aromatic carbocycles. The molecule has 0 heterocycles. The second-order valence-electron chi connectivity index (χ2n) is 4.81. The van der Waals surface area contributed by atoms with Crippen molar-refractivity contribution >= 4 is 17.6 Å². The minimum atomic E-state index is -1.01. The number of benzene rings is 1. The Hall–Kier alpha value is -2.44. The maximum atomic E-state index is 12.4. The number of carboxylic acid groups (broad SMARTS) is 1. The van der Waals surface area contributed by atoms with E-state index in [0.29, 0.717) is 5.56 Å². The Kier molecular flexibility index (Phi) is 5.40. The van der Waals surface area contributed by atoms with E-state index in [2.05, 4.69) is 0 Å². The molecule has 0 saturated heterocycles. The Balaban J connectivity index is 3.14. The van der Waals surface area contributed by atoms with E-state index in [1.807, 2.05) is 0 Å². The molecule has 1 amide bonds. The number of aliphatic carboxylic acids is 1. The molecule has 1 rings (SSSR count). The fourth-order valence-electron chi connectivity index (χ4n) is 2.01. The van der Waals surface area contributed by atoms with Crippen LogP contribution in [0.15, 0.2) is 18.2 Å². The van der Waals surface area contributed by atoms with E-state index < -0.39 is 22.7 Å². The van der Waals surface area contributed by atoms with Crippen LogP contribution in [0, 0.1) is 23.0 Å². The van der Waals surface area contributed by atoms with Crippen molar-refractivity contribution in [1.82, 2.24) is 4.90 Å². The molecule has 0 radical (unpaired) electrons. The number of para-hydroxylation sites is 1. The van der Waals surface area contributed by atoms with Crippen LogP contribution in [0.2, 0.25) is 0 Å². The number of carboxylic acids is 1. The first-order chi connectivity index (χ1) is 9.79. The van der Waals surface area contributed by atoms with Crippen LogP contribution in [0.5, 0.6) is 0 Å². The molecule has 0 saturated carbocycles. The highest BCUT2D eigenvalue weighted by Gasteiger charge is 2.27. The van der Waals surface area contributed by atoms with Crippen molar-refractivity contribution in [1.29, 1.82) is 0 Å². The zero-order valence-electron chi connectivity index (χ0n) is 12.2. The lowest BCUT2D eigenvalue weighted by Crippen LogP contribution is -2.37. The summed E-state index contributed by atoms with van der Waals surface area (Å²) in [4.78, 5) is 35.2. The molecular weight excluding hydrogens is 276 g/mol. The van der Waals surface area contributed by atoms with Gasteiger partial charge in [0.05, 0.1) is 10.8 Å². The van der Waals surface area contributed by atoms with E-state index in [4.69, 9.17) is 5.11 Å². The molecule has 0 spiro atoms. The van der Waals surface area contributed by atoms with Gasteiger partial charge in [0.25, 0.3) is 11.6 Å². The number of hydrogen-bond donors (Lipinski definition) is 1. The SMILES string of the molecule is CCN(CC(C)C(=O)O)C(=O)c1cccc(C)c1[N+](=O)[O-].